The van der Waals surface area contributed by atoms with Crippen molar-refractivity contribution in [2.75, 3.05) is 13.2 Å². The molecule has 18 heavy (non-hydrogen) atoms. The molecule has 2 aromatic rings. The lowest BCUT2D eigenvalue weighted by Gasteiger charge is -2.27. The molecule has 1 unspecified atom stereocenters. The summed E-state index contributed by atoms with van der Waals surface area (Å²) in [5, 5.41) is 0. The smallest absolute Gasteiger partial charge is 0.0890 e. The van der Waals surface area contributed by atoms with Gasteiger partial charge in [-0.1, -0.05) is 12.1 Å². The first-order valence-corrected chi connectivity index (χ1v) is 6.39. The highest BCUT2D eigenvalue weighted by Crippen LogP contribution is 2.27. The zero-order valence-corrected chi connectivity index (χ0v) is 10.2. The van der Waals surface area contributed by atoms with Gasteiger partial charge in [0.05, 0.1) is 29.0 Å². The Morgan fingerprint density at radius 3 is 2.67 bits per heavy atom. The minimum atomic E-state index is -0.0361. The van der Waals surface area contributed by atoms with Gasteiger partial charge in [-0.05, 0) is 30.9 Å². The Morgan fingerprint density at radius 1 is 1.17 bits per heavy atom. The summed E-state index contributed by atoms with van der Waals surface area (Å²) >= 11 is 0. The molecule has 1 atom stereocenters. The number of aromatic nitrogens is 2. The molecule has 0 saturated carbocycles. The first-order valence-electron chi connectivity index (χ1n) is 6.39. The normalized spacial score (nSPS) is 18.9. The number of ether oxygens (including phenoxy) is 1. The summed E-state index contributed by atoms with van der Waals surface area (Å²) in [7, 11) is 0. The Bertz CT molecular complexity index is 537. The molecule has 1 saturated heterocycles. The van der Waals surface area contributed by atoms with Crippen LogP contribution in [-0.2, 0) is 4.74 Å². The third kappa shape index (κ3) is 2.21. The highest BCUT2D eigenvalue weighted by atomic mass is 16.5. The summed E-state index contributed by atoms with van der Waals surface area (Å²) in [5.74, 6) is 0.453. The minimum absolute atomic E-state index is 0.0361. The van der Waals surface area contributed by atoms with Crippen molar-refractivity contribution in [1.29, 1.82) is 0 Å². The predicted molar refractivity (Wildman–Crippen MR) is 70.0 cm³/mol. The van der Waals surface area contributed by atoms with Crippen LogP contribution >= 0.6 is 0 Å². The summed E-state index contributed by atoms with van der Waals surface area (Å²) in [6, 6.07) is 7.84. The summed E-state index contributed by atoms with van der Waals surface area (Å²) < 4.78 is 5.36. The van der Waals surface area contributed by atoms with E-state index < -0.39 is 0 Å². The van der Waals surface area contributed by atoms with Crippen LogP contribution in [0.1, 0.15) is 24.6 Å². The minimum Gasteiger partial charge on any atom is -0.381 e. The maximum Gasteiger partial charge on any atom is 0.0890 e. The SMILES string of the molecule is NC(c1cnc2ccccc2n1)C1CCOCC1. The molecule has 0 aliphatic carbocycles. The van der Waals surface area contributed by atoms with Gasteiger partial charge < -0.3 is 10.5 Å². The van der Waals surface area contributed by atoms with E-state index in [1.807, 2.05) is 30.5 Å². The average Bonchev–Trinajstić information content (AvgIpc) is 2.47. The van der Waals surface area contributed by atoms with Crippen molar-refractivity contribution in [2.24, 2.45) is 11.7 Å². The number of fused-ring (bicyclic) bond motifs is 1. The van der Waals surface area contributed by atoms with Crippen molar-refractivity contribution < 1.29 is 4.74 Å². The Kier molecular flexibility index (Phi) is 3.21. The summed E-state index contributed by atoms with van der Waals surface area (Å²) in [6.45, 7) is 1.61. The highest BCUT2D eigenvalue weighted by Gasteiger charge is 2.23. The highest BCUT2D eigenvalue weighted by molar-refractivity contribution is 5.73. The van der Waals surface area contributed by atoms with Crippen molar-refractivity contribution in [2.45, 2.75) is 18.9 Å². The molecule has 1 aliphatic heterocycles. The molecule has 1 aromatic carbocycles. The molecular weight excluding hydrogens is 226 g/mol. The average molecular weight is 243 g/mol. The molecule has 0 radical (unpaired) electrons. The lowest BCUT2D eigenvalue weighted by atomic mass is 9.90. The molecule has 94 valence electrons. The number of benzene rings is 1. The van der Waals surface area contributed by atoms with Crippen LogP contribution in [0.5, 0.6) is 0 Å². The van der Waals surface area contributed by atoms with Crippen LogP contribution in [0.4, 0.5) is 0 Å². The molecular formula is C14H17N3O. The number of nitrogens with zero attached hydrogens (tertiary/aromatic N) is 2. The van der Waals surface area contributed by atoms with Gasteiger partial charge in [-0.3, -0.25) is 4.98 Å². The molecule has 4 nitrogen and oxygen atoms in total. The standard InChI is InChI=1S/C14H17N3O/c15-14(10-5-7-18-8-6-10)13-9-16-11-3-1-2-4-12(11)17-13/h1-4,9-10,14H,5-8,15H2. The van der Waals surface area contributed by atoms with E-state index in [0.717, 1.165) is 42.8 Å². The summed E-state index contributed by atoms with van der Waals surface area (Å²) in [4.78, 5) is 9.05. The topological polar surface area (TPSA) is 61.0 Å². The van der Waals surface area contributed by atoms with Gasteiger partial charge in [0.15, 0.2) is 0 Å². The predicted octanol–water partition coefficient (Wildman–Crippen LogP) is 2.06. The van der Waals surface area contributed by atoms with Crippen LogP contribution in [0, 0.1) is 5.92 Å². The molecule has 2 heterocycles. The molecule has 0 bridgehead atoms. The molecule has 4 heteroatoms. The van der Waals surface area contributed by atoms with Crippen LogP contribution in [-0.4, -0.2) is 23.2 Å². The second-order valence-corrected chi connectivity index (χ2v) is 4.76. The molecule has 2 N–H and O–H groups in total. The second kappa shape index (κ2) is 5.00. The maximum atomic E-state index is 6.30. The van der Waals surface area contributed by atoms with E-state index in [4.69, 9.17) is 10.5 Å². The van der Waals surface area contributed by atoms with Crippen molar-refractivity contribution in [3.63, 3.8) is 0 Å². The van der Waals surface area contributed by atoms with Crippen molar-refractivity contribution in [1.82, 2.24) is 9.97 Å². The van der Waals surface area contributed by atoms with Gasteiger partial charge in [-0.15, -0.1) is 0 Å². The van der Waals surface area contributed by atoms with Crippen LogP contribution < -0.4 is 5.73 Å². The molecule has 1 fully saturated rings. The van der Waals surface area contributed by atoms with Crippen molar-refractivity contribution >= 4 is 11.0 Å². The van der Waals surface area contributed by atoms with E-state index in [2.05, 4.69) is 9.97 Å². The Balaban J connectivity index is 1.88. The van der Waals surface area contributed by atoms with Gasteiger partial charge in [0.1, 0.15) is 0 Å². The van der Waals surface area contributed by atoms with Crippen LogP contribution in [0.2, 0.25) is 0 Å². The lowest BCUT2D eigenvalue weighted by molar-refractivity contribution is 0.0579. The third-order valence-corrected chi connectivity index (χ3v) is 3.58. The van der Waals surface area contributed by atoms with Gasteiger partial charge in [0.2, 0.25) is 0 Å². The van der Waals surface area contributed by atoms with E-state index >= 15 is 0 Å². The Labute approximate surface area is 106 Å². The van der Waals surface area contributed by atoms with E-state index in [0.29, 0.717) is 5.92 Å². The lowest BCUT2D eigenvalue weighted by Crippen LogP contribution is -2.28. The van der Waals surface area contributed by atoms with E-state index in [-0.39, 0.29) is 6.04 Å². The Hall–Kier alpha value is -1.52. The first kappa shape index (κ1) is 11.6. The second-order valence-electron chi connectivity index (χ2n) is 4.76. The number of nitrogens with two attached hydrogens (primary N) is 1. The number of hydrogen-bond donors (Lipinski definition) is 1. The monoisotopic (exact) mass is 243 g/mol. The zero-order chi connectivity index (χ0) is 12.4. The van der Waals surface area contributed by atoms with E-state index in [9.17, 15) is 0 Å². The van der Waals surface area contributed by atoms with E-state index in [1.165, 1.54) is 0 Å². The van der Waals surface area contributed by atoms with Crippen LogP contribution in [0.25, 0.3) is 11.0 Å². The van der Waals surface area contributed by atoms with Crippen molar-refractivity contribution in [3.05, 3.63) is 36.2 Å². The zero-order valence-electron chi connectivity index (χ0n) is 10.2. The molecule has 1 aliphatic rings. The third-order valence-electron chi connectivity index (χ3n) is 3.58. The van der Waals surface area contributed by atoms with Crippen LogP contribution in [0.3, 0.4) is 0 Å². The van der Waals surface area contributed by atoms with Crippen LogP contribution in [0.15, 0.2) is 30.5 Å². The van der Waals surface area contributed by atoms with Gasteiger partial charge in [-0.2, -0.15) is 0 Å². The van der Waals surface area contributed by atoms with Gasteiger partial charge in [-0.25, -0.2) is 4.98 Å². The quantitative estimate of drug-likeness (QED) is 0.877. The number of hydrogen-bond acceptors (Lipinski definition) is 4. The molecule has 0 spiro atoms. The van der Waals surface area contributed by atoms with Gasteiger partial charge in [0.25, 0.3) is 0 Å². The fourth-order valence-electron chi connectivity index (χ4n) is 2.45. The maximum absolute atomic E-state index is 6.30. The molecule has 0 amide bonds. The van der Waals surface area contributed by atoms with E-state index in [1.54, 1.807) is 0 Å². The molecule has 1 aromatic heterocycles. The largest absolute Gasteiger partial charge is 0.381 e. The summed E-state index contributed by atoms with van der Waals surface area (Å²) in [5.41, 5.74) is 9.02. The first-order chi connectivity index (χ1) is 8.84. The van der Waals surface area contributed by atoms with Crippen molar-refractivity contribution in [3.8, 4) is 0 Å². The number of para-hydroxylation sites is 2. The molecule has 3 rings (SSSR count). The summed E-state index contributed by atoms with van der Waals surface area (Å²) in [6.07, 6.45) is 3.83. The fourth-order valence-corrected chi connectivity index (χ4v) is 2.45. The van der Waals surface area contributed by atoms with Gasteiger partial charge in [0, 0.05) is 13.2 Å². The Morgan fingerprint density at radius 2 is 1.89 bits per heavy atom. The fraction of sp³-hybridized carbons (Fsp3) is 0.429. The van der Waals surface area contributed by atoms with Gasteiger partial charge >= 0.3 is 0 Å². The number of rotatable bonds is 2.